The normalized spacial score (nSPS) is 14.6. The van der Waals surface area contributed by atoms with Crippen molar-refractivity contribution < 1.29 is 82.2 Å². The van der Waals surface area contributed by atoms with Gasteiger partial charge < -0.3 is 83.9 Å². The van der Waals surface area contributed by atoms with Crippen LogP contribution in [0.4, 0.5) is 0 Å². The lowest BCUT2D eigenvalue weighted by atomic mass is 9.78. The maximum absolute atomic E-state index is 13.0. The van der Waals surface area contributed by atoms with E-state index in [2.05, 4.69) is 54.6 Å². The van der Waals surface area contributed by atoms with Crippen molar-refractivity contribution in [3.63, 3.8) is 0 Å². The lowest BCUT2D eigenvalue weighted by Crippen LogP contribution is -2.42. The molecule has 5 unspecified atom stereocenters. The average molecular weight is 1290 g/mol. The Morgan fingerprint density at radius 3 is 1.30 bits per heavy atom. The molecule has 0 saturated carbocycles. The Morgan fingerprint density at radius 2 is 0.913 bits per heavy atom. The second kappa shape index (κ2) is 41.3. The van der Waals surface area contributed by atoms with E-state index in [1.54, 1.807) is 6.92 Å². The number of morpholine rings is 1. The van der Waals surface area contributed by atoms with Gasteiger partial charge in [0, 0.05) is 63.1 Å². The molecule has 0 aromatic heterocycles. The average Bonchev–Trinajstić information content (AvgIpc) is 1.24. The molecule has 0 amide bonds. The summed E-state index contributed by atoms with van der Waals surface area (Å²) < 4.78 is 49.8. The van der Waals surface area contributed by atoms with E-state index in [0.29, 0.717) is 74.9 Å². The third kappa shape index (κ3) is 29.2. The van der Waals surface area contributed by atoms with Crippen molar-refractivity contribution in [2.45, 2.75) is 122 Å². The Kier molecular flexibility index (Phi) is 34.2. The van der Waals surface area contributed by atoms with E-state index in [0.717, 1.165) is 80.8 Å². The van der Waals surface area contributed by atoms with Crippen molar-refractivity contribution in [3.05, 3.63) is 119 Å². The first-order valence-electron chi connectivity index (χ1n) is 32.5. The summed E-state index contributed by atoms with van der Waals surface area (Å²) in [6.07, 6.45) is -0.406. The highest BCUT2D eigenvalue weighted by Gasteiger charge is 2.26. The monoisotopic (exact) mass is 1290 g/mol. The van der Waals surface area contributed by atoms with Gasteiger partial charge in [-0.05, 0) is 129 Å². The second-order valence-electron chi connectivity index (χ2n) is 24.7. The summed E-state index contributed by atoms with van der Waals surface area (Å²) in [4.78, 5) is 55.8. The first kappa shape index (κ1) is 76.3. The van der Waals surface area contributed by atoms with Crippen molar-refractivity contribution in [1.82, 2.24) is 20.0 Å². The van der Waals surface area contributed by atoms with Crippen molar-refractivity contribution in [2.75, 3.05) is 145 Å². The van der Waals surface area contributed by atoms with Gasteiger partial charge in [0.1, 0.15) is 100 Å². The van der Waals surface area contributed by atoms with Gasteiger partial charge in [-0.1, -0.05) is 90.1 Å². The molecule has 0 bridgehead atoms. The number of aliphatic hydroxyl groups is 4. The minimum absolute atomic E-state index is 0.00825. The predicted molar refractivity (Wildman–Crippen MR) is 350 cm³/mol. The third-order valence-corrected chi connectivity index (χ3v) is 16.2. The number of nitrogens with zero attached hydrogens (tertiary/aromatic N) is 3. The third-order valence-electron chi connectivity index (χ3n) is 16.2. The fraction of sp³-hybridized carbons (Fsp3) is 0.600. The number of benzene rings is 4. The molecule has 5 atom stereocenters. The molecule has 22 heteroatoms. The van der Waals surface area contributed by atoms with Gasteiger partial charge in [-0.3, -0.25) is 24.1 Å². The van der Waals surface area contributed by atoms with Gasteiger partial charge in [0.25, 0.3) is 0 Å². The summed E-state index contributed by atoms with van der Waals surface area (Å²) in [6.45, 7) is 20.4. The van der Waals surface area contributed by atoms with Gasteiger partial charge in [-0.15, -0.1) is 0 Å². The lowest BCUT2D eigenvalue weighted by molar-refractivity contribution is -0.148. The van der Waals surface area contributed by atoms with Crippen LogP contribution in [0.2, 0.25) is 0 Å². The predicted octanol–water partition coefficient (Wildman–Crippen LogP) is 5.67. The molecule has 7 N–H and O–H groups in total. The molecule has 1 aliphatic heterocycles. The van der Waals surface area contributed by atoms with Crippen LogP contribution in [0.1, 0.15) is 109 Å². The topological polar surface area (TPSA) is 280 Å². The van der Waals surface area contributed by atoms with E-state index in [1.807, 2.05) is 104 Å². The van der Waals surface area contributed by atoms with Crippen LogP contribution >= 0.6 is 0 Å². The summed E-state index contributed by atoms with van der Waals surface area (Å²) in [6, 6.07) is 30.4. The highest BCUT2D eigenvalue weighted by Crippen LogP contribution is 2.35. The van der Waals surface area contributed by atoms with E-state index in [-0.39, 0.29) is 101 Å². The number of carbonyl (C=O) groups excluding carboxylic acids is 4. The van der Waals surface area contributed by atoms with Crippen LogP contribution in [0.3, 0.4) is 0 Å². The van der Waals surface area contributed by atoms with Crippen LogP contribution in [0.25, 0.3) is 0 Å². The van der Waals surface area contributed by atoms with Crippen LogP contribution in [0.5, 0.6) is 23.0 Å². The Labute approximate surface area is 544 Å². The maximum Gasteiger partial charge on any atom is 0.307 e. The molecule has 92 heavy (non-hydrogen) atoms. The van der Waals surface area contributed by atoms with Crippen molar-refractivity contribution in [3.8, 4) is 23.0 Å². The number of hydrogen-bond acceptors (Lipinski definition) is 22. The molecular formula is C70H105N5O17. The van der Waals surface area contributed by atoms with Gasteiger partial charge in [0.15, 0.2) is 0 Å². The molecule has 0 aliphatic carbocycles. The quantitative estimate of drug-likeness (QED) is 0.0177. The first-order chi connectivity index (χ1) is 44.1. The van der Waals surface area contributed by atoms with Gasteiger partial charge in [0.05, 0.1) is 32.5 Å². The van der Waals surface area contributed by atoms with Gasteiger partial charge in [0.2, 0.25) is 0 Å². The Balaban J connectivity index is 0.938. The Bertz CT molecular complexity index is 2710. The number of nitrogens with two attached hydrogens (primary N) is 1. The fourth-order valence-electron chi connectivity index (χ4n) is 10.00. The van der Waals surface area contributed by atoms with Crippen LogP contribution < -0.4 is 30.0 Å². The van der Waals surface area contributed by atoms with E-state index >= 15 is 0 Å². The van der Waals surface area contributed by atoms with E-state index in [9.17, 15) is 39.6 Å². The summed E-state index contributed by atoms with van der Waals surface area (Å²) in [5, 5.41) is 45.0. The minimum atomic E-state index is -1.04. The van der Waals surface area contributed by atoms with Crippen molar-refractivity contribution >= 4 is 23.9 Å². The van der Waals surface area contributed by atoms with E-state index < -0.39 is 36.4 Å². The fourth-order valence-corrected chi connectivity index (χ4v) is 10.00. The molecular weight excluding hydrogens is 1180 g/mol. The highest BCUT2D eigenvalue weighted by molar-refractivity contribution is 5.70. The number of rotatable bonds is 46. The SMILES string of the molecule is CCC(=O)OCC(O)COc1ccc(C(C)(C)c2ccc(OCC(O)COC(=O)CCN(C)CCCN(CCC(=O)OCC(O)COc3ccc(C(C)(C)c4ccc(OCC(O)COC(=O)CCNCC(C)CCCN)cc4)cc3)CCN3CCOCC3)cc2)cc1. The number of aliphatic hydroxyl groups excluding tert-OH is 4. The zero-order valence-electron chi connectivity index (χ0n) is 55.4. The maximum atomic E-state index is 13.0. The van der Waals surface area contributed by atoms with E-state index in [4.69, 9.17) is 48.4 Å². The number of nitrogens with one attached hydrogen (secondary N) is 1. The summed E-state index contributed by atoms with van der Waals surface area (Å²) in [5.41, 5.74) is 8.97. The molecule has 0 radical (unpaired) electrons. The largest absolute Gasteiger partial charge is 0.491 e. The summed E-state index contributed by atoms with van der Waals surface area (Å²) in [7, 11) is 1.94. The van der Waals surface area contributed by atoms with Crippen LogP contribution in [0.15, 0.2) is 97.1 Å². The number of esters is 4. The summed E-state index contributed by atoms with van der Waals surface area (Å²) >= 11 is 0. The minimum Gasteiger partial charge on any atom is -0.491 e. The van der Waals surface area contributed by atoms with E-state index in [1.165, 1.54) is 0 Å². The highest BCUT2D eigenvalue weighted by atomic mass is 16.6. The van der Waals surface area contributed by atoms with Gasteiger partial charge in [-0.2, -0.15) is 0 Å². The molecule has 0 spiro atoms. The molecule has 1 fully saturated rings. The molecule has 22 nitrogen and oxygen atoms in total. The van der Waals surface area contributed by atoms with Crippen LogP contribution in [-0.4, -0.2) is 229 Å². The Hall–Kier alpha value is -6.44. The molecule has 1 aliphatic rings. The second-order valence-corrected chi connectivity index (χ2v) is 24.7. The van der Waals surface area contributed by atoms with Crippen molar-refractivity contribution in [2.24, 2.45) is 11.7 Å². The summed E-state index contributed by atoms with van der Waals surface area (Å²) in [5.74, 6) is 1.16. The molecule has 1 heterocycles. The number of ether oxygens (including phenoxy) is 9. The molecule has 512 valence electrons. The smallest absolute Gasteiger partial charge is 0.307 e. The number of hydrogen-bond donors (Lipinski definition) is 6. The standard InChI is InChI=1S/C70H105N5O17/c1-8-65(80)89-48-57(76)44-85-61-20-12-53(13-21-61)69(3,4)55-16-24-63(25-17-55)87-46-59(78)50-91-67(82)29-35-73(7)33-10-34-74(37-38-75-39-41-84-42-40-75)36-30-68(83)92-51-60(79)47-88-64-26-18-56(19-27-64)70(5,6)54-14-22-62(23-15-54)86-45-58(77)49-90-66(81)28-32-72-43-52(2)11-9-31-71/h12-27,52,57-60,72,76-79H,8-11,28-51,71H2,1-7H3. The van der Waals surface area contributed by atoms with Gasteiger partial charge >= 0.3 is 23.9 Å². The molecule has 4 aromatic carbocycles. The molecule has 1 saturated heterocycles. The zero-order valence-corrected chi connectivity index (χ0v) is 55.4. The molecule has 4 aromatic rings. The van der Waals surface area contributed by atoms with Crippen LogP contribution in [-0.2, 0) is 53.7 Å². The number of carbonyl (C=O) groups is 4. The molecule has 5 rings (SSSR count). The lowest BCUT2D eigenvalue weighted by Gasteiger charge is -2.30. The Morgan fingerprint density at radius 1 is 0.533 bits per heavy atom. The van der Waals surface area contributed by atoms with Crippen LogP contribution in [0, 0.1) is 5.92 Å². The first-order valence-corrected chi connectivity index (χ1v) is 32.5. The van der Waals surface area contributed by atoms with Gasteiger partial charge in [-0.25, -0.2) is 0 Å². The van der Waals surface area contributed by atoms with Crippen molar-refractivity contribution in [1.29, 1.82) is 0 Å². The zero-order chi connectivity index (χ0) is 66.7.